The number of pyridine rings is 1. The highest BCUT2D eigenvalue weighted by Gasteiger charge is 2.52. The predicted molar refractivity (Wildman–Crippen MR) is 115 cm³/mol. The van der Waals surface area contributed by atoms with E-state index < -0.39 is 0 Å². The van der Waals surface area contributed by atoms with Crippen molar-refractivity contribution in [3.8, 4) is 11.5 Å². The van der Waals surface area contributed by atoms with E-state index in [0.717, 1.165) is 11.1 Å². The molecule has 0 radical (unpaired) electrons. The van der Waals surface area contributed by atoms with Crippen LogP contribution in [0.15, 0.2) is 55.4 Å². The molecule has 0 spiro atoms. The summed E-state index contributed by atoms with van der Waals surface area (Å²) in [7, 11) is 0. The fourth-order valence-corrected chi connectivity index (χ4v) is 5.04. The Kier molecular flexibility index (Phi) is 4.70. The van der Waals surface area contributed by atoms with Crippen molar-refractivity contribution in [3.63, 3.8) is 0 Å². The van der Waals surface area contributed by atoms with Crippen molar-refractivity contribution in [1.29, 1.82) is 0 Å². The quantitative estimate of drug-likeness (QED) is 0.568. The average molecular weight is 446 g/mol. The lowest BCUT2D eigenvalue weighted by Gasteiger charge is -2.53. The molecule has 2 amide bonds. The van der Waals surface area contributed by atoms with E-state index in [4.69, 9.17) is 9.47 Å². The number of rotatable bonds is 3. The monoisotopic (exact) mass is 446 g/mol. The molecular weight excluding hydrogens is 424 g/mol. The molecule has 3 aromatic rings. The van der Waals surface area contributed by atoms with Crippen LogP contribution in [0, 0.1) is 0 Å². The molecule has 0 saturated carbocycles. The van der Waals surface area contributed by atoms with Crippen LogP contribution in [0.2, 0.25) is 0 Å². The molecular formula is C23H22N6O4. The Morgan fingerprint density at radius 3 is 2.64 bits per heavy atom. The first kappa shape index (κ1) is 19.7. The van der Waals surface area contributed by atoms with Gasteiger partial charge in [0.05, 0.1) is 12.0 Å². The highest BCUT2D eigenvalue weighted by molar-refractivity contribution is 5.92. The van der Waals surface area contributed by atoms with Crippen molar-refractivity contribution in [2.24, 2.45) is 0 Å². The molecule has 168 valence electrons. The zero-order valence-corrected chi connectivity index (χ0v) is 17.8. The average Bonchev–Trinajstić information content (AvgIpc) is 3.55. The zero-order valence-electron chi connectivity index (χ0n) is 17.8. The van der Waals surface area contributed by atoms with E-state index in [1.807, 2.05) is 41.4 Å². The van der Waals surface area contributed by atoms with Crippen LogP contribution in [0.3, 0.4) is 0 Å². The summed E-state index contributed by atoms with van der Waals surface area (Å²) < 4.78 is 12.2. The molecule has 1 aromatic carbocycles. The normalized spacial score (nSPS) is 22.4. The van der Waals surface area contributed by atoms with Gasteiger partial charge in [-0.1, -0.05) is 12.1 Å². The summed E-state index contributed by atoms with van der Waals surface area (Å²) in [6, 6.07) is 9.36. The van der Waals surface area contributed by atoms with E-state index in [9.17, 15) is 9.59 Å². The van der Waals surface area contributed by atoms with Crippen molar-refractivity contribution in [2.75, 3.05) is 19.9 Å². The number of hydrogen-bond donors (Lipinski definition) is 0. The summed E-state index contributed by atoms with van der Waals surface area (Å²) in [5.74, 6) is 1.15. The third kappa shape index (κ3) is 3.29. The Balaban J connectivity index is 1.24. The number of hydrogen-bond acceptors (Lipinski definition) is 7. The molecule has 3 aliphatic heterocycles. The third-order valence-corrected chi connectivity index (χ3v) is 6.66. The third-order valence-electron chi connectivity index (χ3n) is 6.66. The van der Waals surface area contributed by atoms with E-state index in [-0.39, 0.29) is 36.7 Å². The van der Waals surface area contributed by atoms with Gasteiger partial charge in [-0.15, -0.1) is 0 Å². The molecule has 0 N–H and O–H groups in total. The summed E-state index contributed by atoms with van der Waals surface area (Å²) in [5.41, 5.74) is 1.91. The van der Waals surface area contributed by atoms with Crippen LogP contribution in [0.25, 0.3) is 0 Å². The van der Waals surface area contributed by atoms with Crippen LogP contribution in [-0.2, 0) is 4.79 Å². The number of carbonyl (C=O) groups excluding carboxylic acids is 2. The molecule has 0 unspecified atom stereocenters. The van der Waals surface area contributed by atoms with Gasteiger partial charge in [0.15, 0.2) is 11.5 Å². The van der Waals surface area contributed by atoms with Gasteiger partial charge in [0.25, 0.3) is 0 Å². The topological polar surface area (TPSA) is 103 Å². The van der Waals surface area contributed by atoms with E-state index in [1.54, 1.807) is 11.1 Å². The van der Waals surface area contributed by atoms with Crippen LogP contribution >= 0.6 is 0 Å². The summed E-state index contributed by atoms with van der Waals surface area (Å²) >= 11 is 0. The van der Waals surface area contributed by atoms with Gasteiger partial charge in [-0.2, -0.15) is 9.78 Å². The van der Waals surface area contributed by atoms with Gasteiger partial charge in [0.1, 0.15) is 12.7 Å². The number of fused-ring (bicyclic) bond motifs is 1. The Labute approximate surface area is 189 Å². The Hall–Kier alpha value is -3.95. The molecule has 3 aliphatic rings. The summed E-state index contributed by atoms with van der Waals surface area (Å²) in [4.78, 5) is 37.9. The van der Waals surface area contributed by atoms with Gasteiger partial charge in [0, 0.05) is 31.5 Å². The number of amides is 2. The summed E-state index contributed by atoms with van der Waals surface area (Å²) in [5, 5.41) is 3.93. The minimum absolute atomic E-state index is 0.0489. The SMILES string of the molecule is O=C1[C@H](c2ccc3c(c2)OCO3)[C@@H](c2cccnc2)N1C1CCN(C(=O)n2cncn2)CC1. The van der Waals surface area contributed by atoms with Crippen molar-refractivity contribution < 1.29 is 19.1 Å². The van der Waals surface area contributed by atoms with Crippen molar-refractivity contribution in [1.82, 2.24) is 29.5 Å². The number of carbonyl (C=O) groups is 2. The van der Waals surface area contributed by atoms with Crippen LogP contribution in [0.1, 0.15) is 35.9 Å². The molecule has 10 nitrogen and oxygen atoms in total. The fraction of sp³-hybridized carbons (Fsp3) is 0.348. The molecule has 6 rings (SSSR count). The lowest BCUT2D eigenvalue weighted by molar-refractivity contribution is -0.156. The van der Waals surface area contributed by atoms with E-state index in [0.29, 0.717) is 37.4 Å². The lowest BCUT2D eigenvalue weighted by Crippen LogP contribution is -2.60. The van der Waals surface area contributed by atoms with Crippen LogP contribution < -0.4 is 9.47 Å². The first-order chi connectivity index (χ1) is 16.2. The van der Waals surface area contributed by atoms with Crippen molar-refractivity contribution in [3.05, 3.63) is 66.5 Å². The number of β-lactam (4-membered cyclic amide) rings is 1. The Morgan fingerprint density at radius 2 is 1.88 bits per heavy atom. The Morgan fingerprint density at radius 1 is 1.03 bits per heavy atom. The smallest absolute Gasteiger partial charge is 0.346 e. The number of aromatic nitrogens is 4. The predicted octanol–water partition coefficient (Wildman–Crippen LogP) is 2.20. The molecule has 2 fully saturated rings. The molecule has 33 heavy (non-hydrogen) atoms. The highest BCUT2D eigenvalue weighted by Crippen LogP contribution is 2.50. The molecule has 0 aliphatic carbocycles. The molecule has 2 aromatic heterocycles. The first-order valence-corrected chi connectivity index (χ1v) is 11.0. The van der Waals surface area contributed by atoms with Crippen LogP contribution in [-0.4, -0.2) is 67.4 Å². The maximum absolute atomic E-state index is 13.5. The number of nitrogens with zero attached hydrogens (tertiary/aromatic N) is 6. The summed E-state index contributed by atoms with van der Waals surface area (Å²) in [6.07, 6.45) is 7.72. The largest absolute Gasteiger partial charge is 0.454 e. The first-order valence-electron chi connectivity index (χ1n) is 11.0. The maximum Gasteiger partial charge on any atom is 0.346 e. The number of ether oxygens (including phenoxy) is 2. The van der Waals surface area contributed by atoms with Crippen LogP contribution in [0.5, 0.6) is 11.5 Å². The number of piperidine rings is 1. The molecule has 2 saturated heterocycles. The minimum Gasteiger partial charge on any atom is -0.454 e. The second-order valence-corrected chi connectivity index (χ2v) is 8.41. The minimum atomic E-state index is -0.307. The number of likely N-dealkylation sites (tertiary alicyclic amines) is 2. The highest BCUT2D eigenvalue weighted by atomic mass is 16.7. The van der Waals surface area contributed by atoms with Crippen LogP contribution in [0.4, 0.5) is 4.79 Å². The second kappa shape index (κ2) is 7.88. The zero-order chi connectivity index (χ0) is 22.4. The van der Waals surface area contributed by atoms with Crippen molar-refractivity contribution in [2.45, 2.75) is 30.8 Å². The van der Waals surface area contributed by atoms with Gasteiger partial charge in [-0.05, 0) is 42.2 Å². The van der Waals surface area contributed by atoms with Gasteiger partial charge in [-0.25, -0.2) is 9.78 Å². The Bertz CT molecular complexity index is 1180. The van der Waals surface area contributed by atoms with Gasteiger partial charge >= 0.3 is 6.03 Å². The maximum atomic E-state index is 13.5. The number of benzene rings is 1. The molecule has 5 heterocycles. The molecule has 2 atom stereocenters. The standard InChI is InChI=1S/C23H22N6O4/c30-22-20(15-3-4-18-19(10-15)33-14-32-18)21(16-2-1-7-24-11-16)29(22)17-5-8-27(9-6-17)23(31)28-13-25-12-26-28/h1-4,7,10-13,17,20-21H,5-6,8-9,14H2/t20-,21-/m1/s1. The van der Waals surface area contributed by atoms with E-state index in [2.05, 4.69) is 15.1 Å². The molecule has 0 bridgehead atoms. The van der Waals surface area contributed by atoms with Crippen molar-refractivity contribution >= 4 is 11.9 Å². The van der Waals surface area contributed by atoms with Gasteiger partial charge in [-0.3, -0.25) is 9.78 Å². The lowest BCUT2D eigenvalue weighted by atomic mass is 9.76. The summed E-state index contributed by atoms with van der Waals surface area (Å²) in [6.45, 7) is 1.31. The molecule has 10 heteroatoms. The van der Waals surface area contributed by atoms with E-state index in [1.165, 1.54) is 17.3 Å². The van der Waals surface area contributed by atoms with Gasteiger partial charge < -0.3 is 19.3 Å². The fourth-order valence-electron chi connectivity index (χ4n) is 5.04. The van der Waals surface area contributed by atoms with E-state index >= 15 is 0 Å². The second-order valence-electron chi connectivity index (χ2n) is 8.41. The van der Waals surface area contributed by atoms with Gasteiger partial charge in [0.2, 0.25) is 12.7 Å².